The van der Waals surface area contributed by atoms with Crippen molar-refractivity contribution in [2.45, 2.75) is 19.4 Å². The Labute approximate surface area is 152 Å². The quantitative estimate of drug-likeness (QED) is 0.638. The first-order valence-corrected chi connectivity index (χ1v) is 9.28. The highest BCUT2D eigenvalue weighted by Gasteiger charge is 2.17. The predicted octanol–water partition coefficient (Wildman–Crippen LogP) is 2.59. The summed E-state index contributed by atoms with van der Waals surface area (Å²) in [6.07, 6.45) is 3.91. The number of aryl methyl sites for hydroxylation is 1. The summed E-state index contributed by atoms with van der Waals surface area (Å²) in [5.74, 6) is 0.813. The molecule has 1 aliphatic heterocycles. The van der Waals surface area contributed by atoms with Crippen molar-refractivity contribution in [1.82, 2.24) is 14.5 Å². The van der Waals surface area contributed by atoms with Crippen LogP contribution >= 0.6 is 0 Å². The fourth-order valence-corrected chi connectivity index (χ4v) is 3.57. The van der Waals surface area contributed by atoms with E-state index in [4.69, 9.17) is 4.42 Å². The molecule has 1 saturated heterocycles. The van der Waals surface area contributed by atoms with E-state index in [1.54, 1.807) is 4.57 Å². The molecule has 3 aromatic rings. The van der Waals surface area contributed by atoms with Gasteiger partial charge in [-0.05, 0) is 43.7 Å². The van der Waals surface area contributed by atoms with E-state index in [1.807, 2.05) is 42.6 Å². The Bertz CT molecular complexity index is 895. The number of hydrogen-bond donors (Lipinski definition) is 0. The monoisotopic (exact) mass is 352 g/mol. The number of pyridine rings is 1. The van der Waals surface area contributed by atoms with E-state index in [0.717, 1.165) is 56.9 Å². The molecule has 2 aromatic heterocycles. The van der Waals surface area contributed by atoms with Crippen molar-refractivity contribution >= 4 is 16.9 Å². The molecule has 0 atom stereocenters. The fourth-order valence-electron chi connectivity index (χ4n) is 3.57. The Hall–Kier alpha value is -2.60. The molecule has 1 fully saturated rings. The highest BCUT2D eigenvalue weighted by molar-refractivity contribution is 5.72. The number of rotatable bonds is 6. The third-order valence-corrected chi connectivity index (χ3v) is 5.03. The Kier molecular flexibility index (Phi) is 5.02. The Balaban J connectivity index is 1.23. The third-order valence-electron chi connectivity index (χ3n) is 5.03. The lowest BCUT2D eigenvalue weighted by Gasteiger charge is -2.35. The van der Waals surface area contributed by atoms with E-state index < -0.39 is 0 Å². The number of piperazine rings is 1. The number of unbranched alkanes of at least 4 members (excludes halogenated alkanes) is 1. The highest BCUT2D eigenvalue weighted by atomic mass is 16.4. The summed E-state index contributed by atoms with van der Waals surface area (Å²) >= 11 is 0. The summed E-state index contributed by atoms with van der Waals surface area (Å²) in [7, 11) is 0. The average molecular weight is 352 g/mol. The van der Waals surface area contributed by atoms with Gasteiger partial charge in [0.1, 0.15) is 5.82 Å². The number of nitrogens with zero attached hydrogens (tertiary/aromatic N) is 4. The van der Waals surface area contributed by atoms with Crippen LogP contribution in [0.5, 0.6) is 0 Å². The van der Waals surface area contributed by atoms with Crippen molar-refractivity contribution in [2.75, 3.05) is 37.6 Å². The minimum absolute atomic E-state index is 0.254. The smallest absolute Gasteiger partial charge is 0.408 e. The molecule has 136 valence electrons. The lowest BCUT2D eigenvalue weighted by molar-refractivity contribution is 0.250. The second-order valence-corrected chi connectivity index (χ2v) is 6.71. The van der Waals surface area contributed by atoms with Crippen molar-refractivity contribution in [2.24, 2.45) is 0 Å². The van der Waals surface area contributed by atoms with Gasteiger partial charge in [0.25, 0.3) is 0 Å². The number of aromatic nitrogens is 2. The number of benzene rings is 1. The van der Waals surface area contributed by atoms with Gasteiger partial charge < -0.3 is 9.32 Å². The summed E-state index contributed by atoms with van der Waals surface area (Å²) in [5.41, 5.74) is 1.56. The van der Waals surface area contributed by atoms with Crippen LogP contribution in [0.3, 0.4) is 0 Å². The molecule has 0 amide bonds. The molecular formula is C20H24N4O2. The van der Waals surface area contributed by atoms with Crippen molar-refractivity contribution in [1.29, 1.82) is 0 Å². The molecule has 1 aromatic carbocycles. The highest BCUT2D eigenvalue weighted by Crippen LogP contribution is 2.14. The molecule has 0 bridgehead atoms. The molecule has 1 aliphatic rings. The first-order chi connectivity index (χ1) is 12.8. The maximum atomic E-state index is 12.0. The number of oxazole rings is 1. The van der Waals surface area contributed by atoms with Gasteiger partial charge in [-0.2, -0.15) is 0 Å². The standard InChI is InChI=1S/C20H24N4O2/c25-20-24(17-7-1-2-8-18(17)26-20)12-6-5-11-22-13-15-23(16-14-22)19-9-3-4-10-21-19/h1-4,7-10H,5-6,11-16H2. The molecule has 0 spiro atoms. The summed E-state index contributed by atoms with van der Waals surface area (Å²) in [6, 6.07) is 13.7. The van der Waals surface area contributed by atoms with Gasteiger partial charge in [0.05, 0.1) is 5.52 Å². The normalized spacial score (nSPS) is 15.6. The Morgan fingerprint density at radius 2 is 1.69 bits per heavy atom. The second kappa shape index (κ2) is 7.74. The zero-order valence-corrected chi connectivity index (χ0v) is 14.9. The molecule has 0 radical (unpaired) electrons. The van der Waals surface area contributed by atoms with Crippen LogP contribution in [0.2, 0.25) is 0 Å². The van der Waals surface area contributed by atoms with Crippen LogP contribution in [-0.4, -0.2) is 47.2 Å². The molecule has 6 heteroatoms. The van der Waals surface area contributed by atoms with Crippen LogP contribution in [0.15, 0.2) is 57.9 Å². The topological polar surface area (TPSA) is 54.5 Å². The van der Waals surface area contributed by atoms with Gasteiger partial charge in [-0.3, -0.25) is 9.47 Å². The van der Waals surface area contributed by atoms with Crippen molar-refractivity contribution in [3.63, 3.8) is 0 Å². The first kappa shape index (κ1) is 16.8. The van der Waals surface area contributed by atoms with Crippen LogP contribution in [0, 0.1) is 0 Å². The van der Waals surface area contributed by atoms with Crippen LogP contribution in [0.25, 0.3) is 11.1 Å². The second-order valence-electron chi connectivity index (χ2n) is 6.71. The SMILES string of the molecule is O=c1oc2ccccc2n1CCCCN1CCN(c2ccccn2)CC1. The lowest BCUT2D eigenvalue weighted by atomic mass is 10.2. The van der Waals surface area contributed by atoms with E-state index in [2.05, 4.69) is 20.9 Å². The van der Waals surface area contributed by atoms with E-state index in [0.29, 0.717) is 12.1 Å². The molecule has 0 aliphatic carbocycles. The molecule has 0 unspecified atom stereocenters. The van der Waals surface area contributed by atoms with Crippen molar-refractivity contribution < 1.29 is 4.42 Å². The number of hydrogen-bond acceptors (Lipinski definition) is 5. The van der Waals surface area contributed by atoms with Gasteiger partial charge >= 0.3 is 5.76 Å². The molecular weight excluding hydrogens is 328 g/mol. The van der Waals surface area contributed by atoms with E-state index in [1.165, 1.54) is 0 Å². The van der Waals surface area contributed by atoms with Crippen LogP contribution in [0.1, 0.15) is 12.8 Å². The van der Waals surface area contributed by atoms with Gasteiger partial charge in [-0.1, -0.05) is 18.2 Å². The molecule has 0 N–H and O–H groups in total. The third kappa shape index (κ3) is 3.65. The Morgan fingerprint density at radius 3 is 2.50 bits per heavy atom. The lowest BCUT2D eigenvalue weighted by Crippen LogP contribution is -2.46. The number of fused-ring (bicyclic) bond motifs is 1. The van der Waals surface area contributed by atoms with E-state index >= 15 is 0 Å². The molecule has 3 heterocycles. The summed E-state index contributed by atoms with van der Waals surface area (Å²) in [4.78, 5) is 21.2. The van der Waals surface area contributed by atoms with Gasteiger partial charge in [0, 0.05) is 38.9 Å². The fraction of sp³-hybridized carbons (Fsp3) is 0.400. The van der Waals surface area contributed by atoms with Gasteiger partial charge in [0.15, 0.2) is 5.58 Å². The number of para-hydroxylation sites is 2. The van der Waals surface area contributed by atoms with Crippen LogP contribution < -0.4 is 10.7 Å². The van der Waals surface area contributed by atoms with Crippen molar-refractivity contribution in [3.05, 3.63) is 59.2 Å². The van der Waals surface area contributed by atoms with Gasteiger partial charge in [-0.25, -0.2) is 9.78 Å². The predicted molar refractivity (Wildman–Crippen MR) is 103 cm³/mol. The zero-order valence-electron chi connectivity index (χ0n) is 14.9. The van der Waals surface area contributed by atoms with Gasteiger partial charge in [0.2, 0.25) is 0 Å². The maximum absolute atomic E-state index is 12.0. The average Bonchev–Trinajstić information content (AvgIpc) is 3.01. The summed E-state index contributed by atoms with van der Waals surface area (Å²) in [6.45, 7) is 5.94. The van der Waals surface area contributed by atoms with Gasteiger partial charge in [-0.15, -0.1) is 0 Å². The van der Waals surface area contributed by atoms with E-state index in [-0.39, 0.29) is 5.76 Å². The maximum Gasteiger partial charge on any atom is 0.419 e. The summed E-state index contributed by atoms with van der Waals surface area (Å²) < 4.78 is 7.03. The molecule has 0 saturated carbocycles. The van der Waals surface area contributed by atoms with Crippen LogP contribution in [0.4, 0.5) is 5.82 Å². The first-order valence-electron chi connectivity index (χ1n) is 9.28. The largest absolute Gasteiger partial charge is 0.419 e. The summed E-state index contributed by atoms with van der Waals surface area (Å²) in [5, 5.41) is 0. The number of anilines is 1. The minimum Gasteiger partial charge on any atom is -0.408 e. The molecule has 4 rings (SSSR count). The van der Waals surface area contributed by atoms with Crippen LogP contribution in [-0.2, 0) is 6.54 Å². The zero-order chi connectivity index (χ0) is 17.8. The van der Waals surface area contributed by atoms with Crippen molar-refractivity contribution in [3.8, 4) is 0 Å². The van der Waals surface area contributed by atoms with E-state index in [9.17, 15) is 4.79 Å². The molecule has 26 heavy (non-hydrogen) atoms. The minimum atomic E-state index is -0.254. The Morgan fingerprint density at radius 1 is 0.923 bits per heavy atom. The molecule has 6 nitrogen and oxygen atoms in total.